The molecule has 0 N–H and O–H groups in total. The van der Waals surface area contributed by atoms with Gasteiger partial charge in [-0.3, -0.25) is 4.90 Å². The van der Waals surface area contributed by atoms with Gasteiger partial charge in [-0.1, -0.05) is 24.3 Å². The van der Waals surface area contributed by atoms with Crippen LogP contribution in [-0.4, -0.2) is 74.4 Å². The topological polar surface area (TPSA) is 53.1 Å². The molecule has 0 aliphatic carbocycles. The van der Waals surface area contributed by atoms with Gasteiger partial charge in [-0.25, -0.2) is 8.78 Å². The van der Waals surface area contributed by atoms with E-state index in [-0.39, 0.29) is 17.7 Å². The van der Waals surface area contributed by atoms with Gasteiger partial charge >= 0.3 is 0 Å². The molecule has 2 heterocycles. The Kier molecular flexibility index (Phi) is 6.45. The maximum Gasteiger partial charge on any atom is 0.282 e. The first-order valence-corrected chi connectivity index (χ1v) is 11.4. The Bertz CT molecular complexity index is 895. The standard InChI is InChI=1S/C21H25F2N3O3S/c22-19-5-1-17(2-6-19)21(18-3-7-20(23)8-4-18)24-9-11-25(12-10-24)30(27,28)26-13-15-29-16-14-26/h1-8,21H,9-16H2. The SMILES string of the molecule is O=S(=O)(N1CCOCC1)N1CCN(C(c2ccc(F)cc2)c2ccc(F)cc2)CC1. The van der Waals surface area contributed by atoms with Crippen LogP contribution in [0.3, 0.4) is 0 Å². The van der Waals surface area contributed by atoms with Crippen molar-refractivity contribution in [1.29, 1.82) is 0 Å². The van der Waals surface area contributed by atoms with E-state index in [2.05, 4.69) is 4.90 Å². The van der Waals surface area contributed by atoms with E-state index in [0.29, 0.717) is 52.5 Å². The van der Waals surface area contributed by atoms with Gasteiger partial charge < -0.3 is 4.74 Å². The zero-order chi connectivity index (χ0) is 21.1. The molecule has 0 spiro atoms. The smallest absolute Gasteiger partial charge is 0.282 e. The largest absolute Gasteiger partial charge is 0.379 e. The summed E-state index contributed by atoms with van der Waals surface area (Å²) in [7, 11) is -3.51. The minimum absolute atomic E-state index is 0.209. The summed E-state index contributed by atoms with van der Waals surface area (Å²) in [5.74, 6) is -0.643. The summed E-state index contributed by atoms with van der Waals surface area (Å²) in [6.07, 6.45) is 0. The first kappa shape index (κ1) is 21.3. The Morgan fingerprint density at radius 2 is 1.13 bits per heavy atom. The van der Waals surface area contributed by atoms with Crippen molar-refractivity contribution in [2.75, 3.05) is 52.5 Å². The van der Waals surface area contributed by atoms with E-state index >= 15 is 0 Å². The van der Waals surface area contributed by atoms with Crippen molar-refractivity contribution in [3.05, 3.63) is 71.3 Å². The average Bonchev–Trinajstić information content (AvgIpc) is 2.77. The second-order valence-corrected chi connectivity index (χ2v) is 9.39. The lowest BCUT2D eigenvalue weighted by Gasteiger charge is -2.41. The number of nitrogens with zero attached hydrogens (tertiary/aromatic N) is 3. The molecule has 0 unspecified atom stereocenters. The van der Waals surface area contributed by atoms with Gasteiger partial charge in [-0.15, -0.1) is 0 Å². The highest BCUT2D eigenvalue weighted by atomic mass is 32.2. The fourth-order valence-electron chi connectivity index (χ4n) is 4.04. The molecule has 2 fully saturated rings. The predicted octanol–water partition coefficient (Wildman–Crippen LogP) is 2.25. The second kappa shape index (κ2) is 9.07. The molecule has 9 heteroatoms. The van der Waals surface area contributed by atoms with E-state index in [1.807, 2.05) is 0 Å². The number of benzene rings is 2. The van der Waals surface area contributed by atoms with Crippen LogP contribution in [0.1, 0.15) is 17.2 Å². The van der Waals surface area contributed by atoms with Gasteiger partial charge in [-0.2, -0.15) is 17.0 Å². The molecular weight excluding hydrogens is 412 g/mol. The van der Waals surface area contributed by atoms with Crippen LogP contribution in [0.4, 0.5) is 8.78 Å². The van der Waals surface area contributed by atoms with E-state index in [9.17, 15) is 17.2 Å². The number of ether oxygens (including phenoxy) is 1. The maximum absolute atomic E-state index is 13.5. The third kappa shape index (κ3) is 4.55. The van der Waals surface area contributed by atoms with Crippen LogP contribution in [0, 0.1) is 11.6 Å². The van der Waals surface area contributed by atoms with Crippen LogP contribution >= 0.6 is 0 Å². The predicted molar refractivity (Wildman–Crippen MR) is 109 cm³/mol. The van der Waals surface area contributed by atoms with E-state index < -0.39 is 10.2 Å². The maximum atomic E-state index is 13.5. The van der Waals surface area contributed by atoms with Gasteiger partial charge in [0.2, 0.25) is 0 Å². The van der Waals surface area contributed by atoms with Crippen LogP contribution in [0.5, 0.6) is 0 Å². The molecule has 0 bridgehead atoms. The average molecular weight is 438 g/mol. The molecule has 0 saturated carbocycles. The van der Waals surface area contributed by atoms with Crippen LogP contribution < -0.4 is 0 Å². The molecule has 0 atom stereocenters. The first-order chi connectivity index (χ1) is 14.4. The van der Waals surface area contributed by atoms with Gasteiger partial charge in [0.05, 0.1) is 19.3 Å². The zero-order valence-corrected chi connectivity index (χ0v) is 17.4. The summed E-state index contributed by atoms with van der Waals surface area (Å²) >= 11 is 0. The fourth-order valence-corrected chi connectivity index (χ4v) is 5.60. The fraction of sp³-hybridized carbons (Fsp3) is 0.429. The summed E-state index contributed by atoms with van der Waals surface area (Å²) in [6.45, 7) is 3.32. The van der Waals surface area contributed by atoms with Gasteiger partial charge in [0.15, 0.2) is 0 Å². The Labute approximate surface area is 175 Å². The molecule has 0 radical (unpaired) electrons. The number of hydrogen-bond donors (Lipinski definition) is 0. The summed E-state index contributed by atoms with van der Waals surface area (Å²) in [4.78, 5) is 2.16. The highest BCUT2D eigenvalue weighted by molar-refractivity contribution is 7.86. The Morgan fingerprint density at radius 3 is 1.60 bits per heavy atom. The number of piperazine rings is 1. The van der Waals surface area contributed by atoms with Crippen LogP contribution in [0.2, 0.25) is 0 Å². The molecule has 2 aliphatic rings. The molecule has 6 nitrogen and oxygen atoms in total. The molecule has 2 aromatic rings. The van der Waals surface area contributed by atoms with E-state index in [4.69, 9.17) is 4.74 Å². The number of morpholine rings is 1. The molecule has 4 rings (SSSR count). The van der Waals surface area contributed by atoms with E-state index in [0.717, 1.165) is 11.1 Å². The first-order valence-electron chi connectivity index (χ1n) is 10.0. The van der Waals surface area contributed by atoms with Crippen LogP contribution in [-0.2, 0) is 14.9 Å². The molecule has 162 valence electrons. The Balaban J connectivity index is 1.53. The molecular formula is C21H25F2N3O3S. The molecule has 30 heavy (non-hydrogen) atoms. The van der Waals surface area contributed by atoms with Crippen molar-refractivity contribution < 1.29 is 21.9 Å². The lowest BCUT2D eigenvalue weighted by molar-refractivity contribution is 0.0678. The van der Waals surface area contributed by atoms with Gasteiger partial charge in [0, 0.05) is 39.3 Å². The van der Waals surface area contributed by atoms with Crippen molar-refractivity contribution in [1.82, 2.24) is 13.5 Å². The highest BCUT2D eigenvalue weighted by Gasteiger charge is 2.35. The van der Waals surface area contributed by atoms with Crippen LogP contribution in [0.25, 0.3) is 0 Å². The van der Waals surface area contributed by atoms with Crippen molar-refractivity contribution >= 4 is 10.2 Å². The summed E-state index contributed by atoms with van der Waals surface area (Å²) in [5.41, 5.74) is 1.76. The van der Waals surface area contributed by atoms with E-state index in [1.165, 1.54) is 32.9 Å². The van der Waals surface area contributed by atoms with Crippen molar-refractivity contribution in [2.24, 2.45) is 0 Å². The number of rotatable bonds is 5. The minimum atomic E-state index is -3.51. The monoisotopic (exact) mass is 437 g/mol. The highest BCUT2D eigenvalue weighted by Crippen LogP contribution is 2.30. The van der Waals surface area contributed by atoms with Gasteiger partial charge in [0.1, 0.15) is 11.6 Å². The van der Waals surface area contributed by atoms with Gasteiger partial charge in [0.25, 0.3) is 10.2 Å². The lowest BCUT2D eigenvalue weighted by atomic mass is 9.96. The Morgan fingerprint density at radius 1 is 0.700 bits per heavy atom. The van der Waals surface area contributed by atoms with E-state index in [1.54, 1.807) is 24.3 Å². The van der Waals surface area contributed by atoms with Crippen molar-refractivity contribution in [2.45, 2.75) is 6.04 Å². The quantitative estimate of drug-likeness (QED) is 0.720. The third-order valence-electron chi connectivity index (χ3n) is 5.63. The lowest BCUT2D eigenvalue weighted by Crippen LogP contribution is -2.55. The number of halogens is 2. The molecule has 0 amide bonds. The second-order valence-electron chi connectivity index (χ2n) is 7.46. The normalized spacial score (nSPS) is 20.0. The minimum Gasteiger partial charge on any atom is -0.379 e. The molecule has 2 aromatic carbocycles. The van der Waals surface area contributed by atoms with Crippen LogP contribution in [0.15, 0.2) is 48.5 Å². The van der Waals surface area contributed by atoms with Crippen molar-refractivity contribution in [3.8, 4) is 0 Å². The number of hydrogen-bond acceptors (Lipinski definition) is 4. The molecule has 2 saturated heterocycles. The molecule has 0 aromatic heterocycles. The summed E-state index contributed by atoms with van der Waals surface area (Å²) in [6, 6.07) is 12.3. The Hall–Kier alpha value is -1.91. The summed E-state index contributed by atoms with van der Waals surface area (Å²) < 4.78 is 61.0. The molecule has 2 aliphatic heterocycles. The third-order valence-corrected chi connectivity index (χ3v) is 7.67. The summed E-state index contributed by atoms with van der Waals surface area (Å²) in [5, 5.41) is 0. The zero-order valence-electron chi connectivity index (χ0n) is 16.6. The van der Waals surface area contributed by atoms with Crippen molar-refractivity contribution in [3.63, 3.8) is 0 Å². The van der Waals surface area contributed by atoms with Gasteiger partial charge in [-0.05, 0) is 35.4 Å².